The summed E-state index contributed by atoms with van der Waals surface area (Å²) in [5, 5.41) is 10.9. The maximum absolute atomic E-state index is 10.9. The highest BCUT2D eigenvalue weighted by molar-refractivity contribution is 7.80. The minimum absolute atomic E-state index is 0.233. The number of nitrogens with zero attached hydrogens (tertiary/aromatic N) is 1. The number of rotatable bonds is 32. The number of hydrogen-bond donors (Lipinski definition) is 1. The van der Waals surface area contributed by atoms with Crippen LogP contribution in [0.5, 0.6) is 0 Å². The van der Waals surface area contributed by atoms with Crippen molar-refractivity contribution in [2.24, 2.45) is 0 Å². The molecule has 0 fully saturated rings. The number of quaternary nitrogens is 1. The molecule has 262 valence electrons. The van der Waals surface area contributed by atoms with Crippen molar-refractivity contribution in [2.45, 2.75) is 213 Å². The Morgan fingerprint density at radius 2 is 0.791 bits per heavy atom. The van der Waals surface area contributed by atoms with Gasteiger partial charge in [-0.25, -0.2) is 13.6 Å². The average Bonchev–Trinajstić information content (AvgIpc) is 2.97. The Morgan fingerprint density at radius 3 is 1.05 bits per heavy atom. The Hall–Kier alpha value is -0.210. The first-order chi connectivity index (χ1) is 20.6. The standard InChI is InChI=1S/C35H74NO.CH4O4S/c1-5-7-9-11-13-15-17-19-21-23-25-27-29-31-33-35(3)36(4,37)34-32-30-28-26-24-22-20-18-16-14-12-10-8-6-2;1-5-6(2,3)4/h35,37H,5-34H2,1-4H3;1H3,(H,2,3,4)/q+1;/p-1. The summed E-state index contributed by atoms with van der Waals surface area (Å²) >= 11 is 0. The van der Waals surface area contributed by atoms with Gasteiger partial charge in [-0.15, -0.1) is 0 Å². The molecule has 0 aromatic heterocycles. The maximum Gasteiger partial charge on any atom is 0.217 e. The molecular weight excluding hydrogens is 558 g/mol. The van der Waals surface area contributed by atoms with Crippen LogP contribution in [-0.2, 0) is 14.6 Å². The van der Waals surface area contributed by atoms with Gasteiger partial charge >= 0.3 is 0 Å². The molecule has 0 bridgehead atoms. The number of unbranched alkanes of at least 4 members (excludes halogenated alkanes) is 26. The molecule has 0 spiro atoms. The van der Waals surface area contributed by atoms with E-state index in [9.17, 15) is 18.2 Å². The van der Waals surface area contributed by atoms with Crippen LogP contribution in [-0.4, -0.2) is 49.6 Å². The Labute approximate surface area is 270 Å². The summed E-state index contributed by atoms with van der Waals surface area (Å²) in [6.45, 7) is 7.78. The molecule has 1 N–H and O–H groups in total. The van der Waals surface area contributed by atoms with Crippen LogP contribution < -0.4 is 0 Å². The first kappa shape index (κ1) is 44.9. The maximum atomic E-state index is 10.9. The van der Waals surface area contributed by atoms with Crippen molar-refractivity contribution >= 4 is 10.4 Å². The van der Waals surface area contributed by atoms with E-state index in [1.165, 1.54) is 186 Å². The topological polar surface area (TPSA) is 86.7 Å². The molecular formula is C36H77NO5S. The van der Waals surface area contributed by atoms with Crippen molar-refractivity contribution in [3.63, 3.8) is 0 Å². The van der Waals surface area contributed by atoms with Gasteiger partial charge in [0, 0.05) is 6.42 Å². The molecule has 2 unspecified atom stereocenters. The quantitative estimate of drug-likeness (QED) is 0.0261. The lowest BCUT2D eigenvalue weighted by atomic mass is 10.0. The van der Waals surface area contributed by atoms with Crippen LogP contribution in [0.15, 0.2) is 0 Å². The van der Waals surface area contributed by atoms with E-state index in [4.69, 9.17) is 0 Å². The minimum Gasteiger partial charge on any atom is -0.726 e. The molecule has 0 aromatic rings. The van der Waals surface area contributed by atoms with Crippen LogP contribution in [0.25, 0.3) is 0 Å². The van der Waals surface area contributed by atoms with Crippen LogP contribution in [0.2, 0.25) is 0 Å². The van der Waals surface area contributed by atoms with Gasteiger partial charge in [0.05, 0.1) is 14.2 Å². The largest absolute Gasteiger partial charge is 0.726 e. The lowest BCUT2D eigenvalue weighted by molar-refractivity contribution is -1.10. The third-order valence-corrected chi connectivity index (χ3v) is 9.50. The van der Waals surface area contributed by atoms with E-state index in [2.05, 4.69) is 25.0 Å². The summed E-state index contributed by atoms with van der Waals surface area (Å²) in [4.78, 5) is 0. The summed E-state index contributed by atoms with van der Waals surface area (Å²) in [6, 6.07) is 0.374. The predicted molar refractivity (Wildman–Crippen MR) is 184 cm³/mol. The Balaban J connectivity index is 0. The average molecular weight is 636 g/mol. The zero-order chi connectivity index (χ0) is 32.5. The predicted octanol–water partition coefficient (Wildman–Crippen LogP) is 11.7. The summed E-state index contributed by atoms with van der Waals surface area (Å²) in [7, 11) is -1.57. The van der Waals surface area contributed by atoms with Gasteiger partial charge in [0.1, 0.15) is 12.6 Å². The molecule has 7 heteroatoms. The van der Waals surface area contributed by atoms with Gasteiger partial charge in [-0.2, -0.15) is 4.65 Å². The highest BCUT2D eigenvalue weighted by Gasteiger charge is 2.26. The van der Waals surface area contributed by atoms with E-state index < -0.39 is 10.4 Å². The van der Waals surface area contributed by atoms with Gasteiger partial charge in [-0.05, 0) is 26.2 Å². The van der Waals surface area contributed by atoms with Crippen LogP contribution in [0.1, 0.15) is 207 Å². The van der Waals surface area contributed by atoms with E-state index in [0.29, 0.717) is 6.04 Å². The van der Waals surface area contributed by atoms with Crippen LogP contribution in [0.3, 0.4) is 0 Å². The summed E-state index contributed by atoms with van der Waals surface area (Å²) in [5.74, 6) is 0. The molecule has 0 aliphatic heterocycles. The van der Waals surface area contributed by atoms with Gasteiger partial charge in [0.15, 0.2) is 0 Å². The first-order valence-corrected chi connectivity index (χ1v) is 20.0. The lowest BCUT2D eigenvalue weighted by Crippen LogP contribution is -2.48. The summed E-state index contributed by atoms with van der Waals surface area (Å²) < 4.78 is 31.3. The van der Waals surface area contributed by atoms with E-state index in [-0.39, 0.29) is 4.65 Å². The number of hydroxylamine groups is 3. The van der Waals surface area contributed by atoms with E-state index in [1.54, 1.807) is 0 Å². The summed E-state index contributed by atoms with van der Waals surface area (Å²) in [5.41, 5.74) is 0. The molecule has 0 aromatic carbocycles. The molecule has 6 nitrogen and oxygen atoms in total. The van der Waals surface area contributed by atoms with Crippen LogP contribution in [0.4, 0.5) is 0 Å². The molecule has 0 radical (unpaired) electrons. The van der Waals surface area contributed by atoms with Crippen LogP contribution >= 0.6 is 0 Å². The second-order valence-electron chi connectivity index (χ2n) is 13.3. The first-order valence-electron chi connectivity index (χ1n) is 18.7. The lowest BCUT2D eigenvalue weighted by Gasteiger charge is -2.32. The zero-order valence-corrected chi connectivity index (χ0v) is 30.5. The van der Waals surface area contributed by atoms with Gasteiger partial charge in [0.25, 0.3) is 0 Å². The Morgan fingerprint density at radius 1 is 0.558 bits per heavy atom. The highest BCUT2D eigenvalue weighted by atomic mass is 32.3. The van der Waals surface area contributed by atoms with E-state index >= 15 is 0 Å². The fourth-order valence-corrected chi connectivity index (χ4v) is 5.76. The highest BCUT2D eigenvalue weighted by Crippen LogP contribution is 2.19. The molecule has 0 rings (SSSR count). The fourth-order valence-electron chi connectivity index (χ4n) is 5.76. The summed E-state index contributed by atoms with van der Waals surface area (Å²) in [6.07, 6.45) is 40.5. The second-order valence-corrected chi connectivity index (χ2v) is 14.5. The molecule has 0 aliphatic rings. The monoisotopic (exact) mass is 636 g/mol. The third kappa shape index (κ3) is 37.9. The van der Waals surface area contributed by atoms with E-state index in [1.807, 2.05) is 7.05 Å². The molecule has 0 heterocycles. The van der Waals surface area contributed by atoms with Gasteiger partial charge < -0.3 is 4.55 Å². The molecule has 43 heavy (non-hydrogen) atoms. The van der Waals surface area contributed by atoms with E-state index in [0.717, 1.165) is 13.7 Å². The Bertz CT molecular complexity index is 642. The number of hydrogen-bond acceptors (Lipinski definition) is 5. The van der Waals surface area contributed by atoms with Gasteiger partial charge in [0.2, 0.25) is 10.4 Å². The molecule has 0 saturated carbocycles. The van der Waals surface area contributed by atoms with Crippen LogP contribution in [0, 0.1) is 0 Å². The third-order valence-electron chi connectivity index (χ3n) is 9.09. The van der Waals surface area contributed by atoms with Crippen molar-refractivity contribution in [2.75, 3.05) is 20.7 Å². The second kappa shape index (κ2) is 33.2. The molecule has 0 saturated heterocycles. The minimum atomic E-state index is -4.41. The van der Waals surface area contributed by atoms with Gasteiger partial charge in [-0.1, -0.05) is 174 Å². The van der Waals surface area contributed by atoms with Crippen molar-refractivity contribution < 1.29 is 27.0 Å². The zero-order valence-electron chi connectivity index (χ0n) is 29.7. The van der Waals surface area contributed by atoms with Gasteiger partial charge in [-0.3, -0.25) is 4.18 Å². The fraction of sp³-hybridized carbons (Fsp3) is 1.00. The normalized spacial score (nSPS) is 13.8. The Kier molecular flexibility index (Phi) is 34.6. The van der Waals surface area contributed by atoms with Crippen molar-refractivity contribution in [1.82, 2.24) is 0 Å². The molecule has 2 atom stereocenters. The molecule has 0 amide bonds. The smallest absolute Gasteiger partial charge is 0.217 e. The SMILES string of the molecule is CCCCCCCCCCCCCCCCC(C)[N+](C)(O)CCCCCCCCCCCCCCCC.COS(=O)(=O)[O-]. The van der Waals surface area contributed by atoms with Crippen molar-refractivity contribution in [3.05, 3.63) is 0 Å². The van der Waals surface area contributed by atoms with Crippen molar-refractivity contribution in [1.29, 1.82) is 0 Å². The molecule has 0 aliphatic carbocycles. The van der Waals surface area contributed by atoms with Crippen molar-refractivity contribution in [3.8, 4) is 0 Å².